The Hall–Kier alpha value is -3.93. The molecule has 1 unspecified atom stereocenters. The van der Waals surface area contributed by atoms with Gasteiger partial charge in [-0.15, -0.1) is 11.3 Å². The van der Waals surface area contributed by atoms with Gasteiger partial charge in [0.15, 0.2) is 0 Å². The minimum atomic E-state index is -0.613. The van der Waals surface area contributed by atoms with Gasteiger partial charge in [-0.1, -0.05) is 5.16 Å². The van der Waals surface area contributed by atoms with E-state index in [9.17, 15) is 10.1 Å². The number of ether oxygens (including phenoxy) is 2. The van der Waals surface area contributed by atoms with E-state index in [0.29, 0.717) is 60.2 Å². The minimum Gasteiger partial charge on any atom is -0.444 e. The largest absolute Gasteiger partial charge is 0.444 e. The molecule has 0 aromatic carbocycles. The molecule has 3 aromatic heterocycles. The van der Waals surface area contributed by atoms with Gasteiger partial charge in [-0.25, -0.2) is 9.78 Å². The van der Waals surface area contributed by atoms with Crippen LogP contribution in [0.5, 0.6) is 0 Å². The van der Waals surface area contributed by atoms with Crippen molar-refractivity contribution in [2.45, 2.75) is 64.0 Å². The summed E-state index contributed by atoms with van der Waals surface area (Å²) in [5.41, 5.74) is 8.18. The van der Waals surface area contributed by atoms with Crippen molar-refractivity contribution < 1.29 is 18.8 Å². The number of pyridine rings is 1. The number of piperazine rings is 2. The molecule has 0 spiro atoms. The lowest BCUT2D eigenvalue weighted by Gasteiger charge is -2.43. The van der Waals surface area contributed by atoms with Gasteiger partial charge in [0.25, 0.3) is 0 Å². The van der Waals surface area contributed by atoms with Gasteiger partial charge in [-0.3, -0.25) is 4.90 Å². The topological polar surface area (TPSA) is 150 Å². The highest BCUT2D eigenvalue weighted by atomic mass is 32.1. The third-order valence-electron chi connectivity index (χ3n) is 9.75. The standard InChI is InChI=1S/C33H43N9O4S/c1-32(2,3)45-31(43)42-14-10-39(11-15-42)21-16-24(36-26(17-21)41-12-8-40(9-13-41)22-19-44-20-22)29-37-30(46-38-29)33(4)7-5-6-25-27(33)23(18-34)28(35)47-25/h16-17,22H,5-15,19-20,35H2,1-4H3. The number of nitrogens with two attached hydrogens (primary N) is 1. The van der Waals surface area contributed by atoms with Crippen LogP contribution in [-0.2, 0) is 21.3 Å². The molecule has 4 aliphatic rings. The summed E-state index contributed by atoms with van der Waals surface area (Å²) in [7, 11) is 0. The number of nitriles is 1. The summed E-state index contributed by atoms with van der Waals surface area (Å²) in [6.07, 6.45) is 2.33. The maximum absolute atomic E-state index is 12.7. The van der Waals surface area contributed by atoms with Gasteiger partial charge in [0.05, 0.1) is 30.2 Å². The Morgan fingerprint density at radius 3 is 2.47 bits per heavy atom. The number of hydrogen-bond donors (Lipinski definition) is 1. The Morgan fingerprint density at radius 2 is 1.81 bits per heavy atom. The zero-order valence-electron chi connectivity index (χ0n) is 27.6. The zero-order chi connectivity index (χ0) is 32.9. The Bertz CT molecular complexity index is 1670. The second kappa shape index (κ2) is 12.3. The first kappa shape index (κ1) is 31.7. The van der Waals surface area contributed by atoms with Gasteiger partial charge in [-0.2, -0.15) is 10.2 Å². The molecular weight excluding hydrogens is 618 g/mol. The van der Waals surface area contributed by atoms with Crippen LogP contribution >= 0.6 is 11.3 Å². The number of hydrogen-bond acceptors (Lipinski definition) is 13. The van der Waals surface area contributed by atoms with Crippen LogP contribution in [-0.4, -0.2) is 108 Å². The predicted octanol–water partition coefficient (Wildman–Crippen LogP) is 3.87. The summed E-state index contributed by atoms with van der Waals surface area (Å²) in [4.78, 5) is 32.8. The molecule has 7 rings (SSSR count). The Kier molecular flexibility index (Phi) is 8.26. The first-order valence-corrected chi connectivity index (χ1v) is 17.3. The Morgan fingerprint density at radius 1 is 1.09 bits per heavy atom. The van der Waals surface area contributed by atoms with Crippen molar-refractivity contribution >= 4 is 33.9 Å². The lowest BCUT2D eigenvalue weighted by molar-refractivity contribution is -0.0660. The number of aromatic nitrogens is 3. The Balaban J connectivity index is 1.18. The fourth-order valence-electron chi connectivity index (χ4n) is 7.05. The molecular formula is C33H43N9O4S. The van der Waals surface area contributed by atoms with E-state index in [1.54, 1.807) is 4.90 Å². The number of fused-ring (bicyclic) bond motifs is 1. The maximum Gasteiger partial charge on any atom is 0.410 e. The second-order valence-electron chi connectivity index (χ2n) is 14.1. The van der Waals surface area contributed by atoms with E-state index in [4.69, 9.17) is 29.7 Å². The van der Waals surface area contributed by atoms with Crippen molar-refractivity contribution in [1.82, 2.24) is 24.9 Å². The summed E-state index contributed by atoms with van der Waals surface area (Å²) >= 11 is 1.49. The molecule has 3 aromatic rings. The molecule has 3 saturated heterocycles. The van der Waals surface area contributed by atoms with E-state index in [-0.39, 0.29) is 6.09 Å². The lowest BCUT2D eigenvalue weighted by atomic mass is 9.72. The first-order valence-electron chi connectivity index (χ1n) is 16.5. The second-order valence-corrected chi connectivity index (χ2v) is 15.2. The van der Waals surface area contributed by atoms with Crippen LogP contribution in [0.3, 0.4) is 0 Å². The van der Waals surface area contributed by atoms with Gasteiger partial charge < -0.3 is 34.4 Å². The third-order valence-corrected chi connectivity index (χ3v) is 10.8. The van der Waals surface area contributed by atoms with E-state index in [0.717, 1.165) is 80.6 Å². The molecule has 0 bridgehead atoms. The van der Waals surface area contributed by atoms with Gasteiger partial charge in [0.1, 0.15) is 28.2 Å². The minimum absolute atomic E-state index is 0.284. The van der Waals surface area contributed by atoms with E-state index >= 15 is 0 Å². The van der Waals surface area contributed by atoms with Crippen LogP contribution in [0.4, 0.5) is 21.3 Å². The van der Waals surface area contributed by atoms with Crippen molar-refractivity contribution in [3.8, 4) is 17.6 Å². The highest BCUT2D eigenvalue weighted by molar-refractivity contribution is 7.16. The van der Waals surface area contributed by atoms with Gasteiger partial charge >= 0.3 is 6.09 Å². The van der Waals surface area contributed by atoms with E-state index < -0.39 is 11.0 Å². The number of aryl methyl sites for hydroxylation is 1. The molecule has 1 amide bonds. The summed E-state index contributed by atoms with van der Waals surface area (Å²) in [5.74, 6) is 1.75. The monoisotopic (exact) mass is 661 g/mol. The molecule has 14 heteroatoms. The normalized spacial score (nSPS) is 22.5. The fraction of sp³-hybridized carbons (Fsp3) is 0.606. The number of rotatable bonds is 5. The molecule has 47 heavy (non-hydrogen) atoms. The highest BCUT2D eigenvalue weighted by Crippen LogP contribution is 2.48. The third kappa shape index (κ3) is 6.12. The van der Waals surface area contributed by atoms with Crippen molar-refractivity contribution in [1.29, 1.82) is 5.26 Å². The number of carbonyl (C=O) groups excluding carboxylic acids is 1. The van der Waals surface area contributed by atoms with Crippen molar-refractivity contribution in [3.05, 3.63) is 34.0 Å². The highest BCUT2D eigenvalue weighted by Gasteiger charge is 2.43. The summed E-state index contributed by atoms with van der Waals surface area (Å²) in [6.45, 7) is 15.4. The summed E-state index contributed by atoms with van der Waals surface area (Å²) in [5, 5.41) is 14.9. The number of anilines is 3. The number of nitrogen functional groups attached to an aromatic ring is 1. The molecule has 0 saturated carbocycles. The molecule has 1 atom stereocenters. The van der Waals surface area contributed by atoms with E-state index in [1.165, 1.54) is 11.3 Å². The van der Waals surface area contributed by atoms with Crippen LogP contribution in [0.15, 0.2) is 16.7 Å². The van der Waals surface area contributed by atoms with Crippen molar-refractivity contribution in [2.24, 2.45) is 0 Å². The van der Waals surface area contributed by atoms with Crippen LogP contribution < -0.4 is 15.5 Å². The van der Waals surface area contributed by atoms with Gasteiger partial charge in [0, 0.05) is 74.6 Å². The maximum atomic E-state index is 12.7. The molecule has 0 radical (unpaired) electrons. The molecule has 6 heterocycles. The van der Waals surface area contributed by atoms with Crippen molar-refractivity contribution in [3.63, 3.8) is 0 Å². The predicted molar refractivity (Wildman–Crippen MR) is 179 cm³/mol. The average Bonchev–Trinajstić information content (AvgIpc) is 3.65. The molecule has 2 N–H and O–H groups in total. The number of nitrogens with zero attached hydrogens (tertiary/aromatic N) is 8. The number of carbonyl (C=O) groups is 1. The van der Waals surface area contributed by atoms with Crippen LogP contribution in [0.25, 0.3) is 11.5 Å². The molecule has 3 fully saturated rings. The number of thiophene rings is 1. The molecule has 3 aliphatic heterocycles. The van der Waals surface area contributed by atoms with Crippen LogP contribution in [0.2, 0.25) is 0 Å². The van der Waals surface area contributed by atoms with Crippen LogP contribution in [0, 0.1) is 11.3 Å². The summed E-state index contributed by atoms with van der Waals surface area (Å²) in [6, 6.07) is 6.98. The van der Waals surface area contributed by atoms with Gasteiger partial charge in [0.2, 0.25) is 11.7 Å². The molecule has 250 valence electrons. The summed E-state index contributed by atoms with van der Waals surface area (Å²) < 4.78 is 17.0. The first-order chi connectivity index (χ1) is 22.5. The van der Waals surface area contributed by atoms with E-state index in [1.807, 2.05) is 26.8 Å². The quantitative estimate of drug-likeness (QED) is 0.423. The fourth-order valence-corrected chi connectivity index (χ4v) is 8.24. The molecule has 13 nitrogen and oxygen atoms in total. The lowest BCUT2D eigenvalue weighted by Crippen LogP contribution is -2.56. The smallest absolute Gasteiger partial charge is 0.410 e. The van der Waals surface area contributed by atoms with E-state index in [2.05, 4.69) is 38.9 Å². The van der Waals surface area contributed by atoms with Gasteiger partial charge in [-0.05, 0) is 53.0 Å². The molecule has 1 aliphatic carbocycles. The van der Waals surface area contributed by atoms with Crippen molar-refractivity contribution in [2.75, 3.05) is 81.1 Å². The van der Waals surface area contributed by atoms with Crippen LogP contribution in [0.1, 0.15) is 62.4 Å². The zero-order valence-corrected chi connectivity index (χ0v) is 28.4. The SMILES string of the molecule is CC(C)(C)OC(=O)N1CCN(c2cc(-c3noc(C4(C)CCCc5sc(N)c(C#N)c54)n3)nc(N3CCN(C4COC4)CC3)c2)CC1. The number of amides is 1. The Labute approximate surface area is 279 Å². The average molecular weight is 662 g/mol.